The van der Waals surface area contributed by atoms with E-state index in [2.05, 4.69) is 38.2 Å². The molecule has 1 N–H and O–H groups in total. The number of hydrogen-bond acceptors (Lipinski definition) is 6. The standard InChI is InChI=1S/C29H35NO5S/c1-7-34-22-14-10-20(11-15-22)25-19(2)36-27(26(25)28(32)33-6)30-24(31)9-8-18-35-23-16-12-21(13-17-23)29(3,4)5/h10-17H,7-9,18H2,1-6H3,(H,30,31). The van der Waals surface area contributed by atoms with Gasteiger partial charge in [0, 0.05) is 16.9 Å². The van der Waals surface area contributed by atoms with Gasteiger partial charge in [-0.1, -0.05) is 45.0 Å². The molecule has 0 saturated carbocycles. The largest absolute Gasteiger partial charge is 0.494 e. The van der Waals surface area contributed by atoms with Crippen LogP contribution in [0.3, 0.4) is 0 Å². The molecule has 0 aliphatic carbocycles. The van der Waals surface area contributed by atoms with Crippen molar-refractivity contribution in [3.8, 4) is 22.6 Å². The second-order valence-corrected chi connectivity index (χ2v) is 10.7. The minimum Gasteiger partial charge on any atom is -0.494 e. The molecule has 0 radical (unpaired) electrons. The van der Waals surface area contributed by atoms with Gasteiger partial charge < -0.3 is 19.5 Å². The maximum absolute atomic E-state index is 12.7. The molecule has 6 nitrogen and oxygen atoms in total. The number of aryl methyl sites for hydroxylation is 1. The van der Waals surface area contributed by atoms with Crippen LogP contribution in [0.4, 0.5) is 5.00 Å². The Morgan fingerprint density at radius 2 is 1.56 bits per heavy atom. The van der Waals surface area contributed by atoms with Crippen LogP contribution in [0.15, 0.2) is 48.5 Å². The van der Waals surface area contributed by atoms with Crippen molar-refractivity contribution < 1.29 is 23.8 Å². The van der Waals surface area contributed by atoms with E-state index in [0.717, 1.165) is 27.5 Å². The van der Waals surface area contributed by atoms with Crippen LogP contribution >= 0.6 is 11.3 Å². The van der Waals surface area contributed by atoms with E-state index in [0.29, 0.717) is 30.2 Å². The molecular formula is C29H35NO5S. The zero-order valence-electron chi connectivity index (χ0n) is 21.9. The lowest BCUT2D eigenvalue weighted by Crippen LogP contribution is -2.15. The molecule has 2 aromatic carbocycles. The Balaban J connectivity index is 1.64. The summed E-state index contributed by atoms with van der Waals surface area (Å²) < 4.78 is 16.4. The van der Waals surface area contributed by atoms with Gasteiger partial charge in [-0.25, -0.2) is 4.79 Å². The second kappa shape index (κ2) is 12.1. The number of nitrogens with one attached hydrogen (secondary N) is 1. The second-order valence-electron chi connectivity index (χ2n) is 9.46. The first-order valence-corrected chi connectivity index (χ1v) is 12.9. The first kappa shape index (κ1) is 27.3. The van der Waals surface area contributed by atoms with Gasteiger partial charge in [0.05, 0.1) is 20.3 Å². The van der Waals surface area contributed by atoms with Gasteiger partial charge in [0.2, 0.25) is 5.91 Å². The number of esters is 1. The van der Waals surface area contributed by atoms with Crippen molar-refractivity contribution in [2.24, 2.45) is 0 Å². The first-order valence-electron chi connectivity index (χ1n) is 12.1. The van der Waals surface area contributed by atoms with Crippen molar-refractivity contribution in [3.63, 3.8) is 0 Å². The SMILES string of the molecule is CCOc1ccc(-c2c(C)sc(NC(=O)CCCOc3ccc(C(C)(C)C)cc3)c2C(=O)OC)cc1. The number of hydrogen-bond donors (Lipinski definition) is 1. The highest BCUT2D eigenvalue weighted by Crippen LogP contribution is 2.41. The molecule has 0 unspecified atom stereocenters. The predicted molar refractivity (Wildman–Crippen MR) is 146 cm³/mol. The number of carbonyl (C=O) groups is 2. The van der Waals surface area contributed by atoms with E-state index in [9.17, 15) is 9.59 Å². The highest BCUT2D eigenvalue weighted by Gasteiger charge is 2.25. The lowest BCUT2D eigenvalue weighted by Gasteiger charge is -2.19. The van der Waals surface area contributed by atoms with Gasteiger partial charge in [-0.15, -0.1) is 11.3 Å². The fraction of sp³-hybridized carbons (Fsp3) is 0.379. The average Bonchev–Trinajstić information content (AvgIpc) is 3.17. The molecule has 7 heteroatoms. The van der Waals surface area contributed by atoms with Crippen LogP contribution in [0.5, 0.6) is 11.5 Å². The molecule has 3 aromatic rings. The van der Waals surface area contributed by atoms with E-state index >= 15 is 0 Å². The molecule has 0 saturated heterocycles. The normalized spacial score (nSPS) is 11.2. The summed E-state index contributed by atoms with van der Waals surface area (Å²) in [4.78, 5) is 26.3. The van der Waals surface area contributed by atoms with E-state index in [4.69, 9.17) is 14.2 Å². The first-order chi connectivity index (χ1) is 17.1. The minimum absolute atomic E-state index is 0.0899. The summed E-state index contributed by atoms with van der Waals surface area (Å²) in [5.74, 6) is 0.881. The zero-order chi connectivity index (χ0) is 26.3. The molecule has 0 spiro atoms. The molecule has 1 aromatic heterocycles. The number of thiophene rings is 1. The molecule has 192 valence electrons. The molecule has 0 aliphatic heterocycles. The smallest absolute Gasteiger partial charge is 0.341 e. The fourth-order valence-electron chi connectivity index (χ4n) is 3.82. The molecule has 1 amide bonds. The van der Waals surface area contributed by atoms with Gasteiger partial charge in [-0.2, -0.15) is 0 Å². The molecule has 1 heterocycles. The summed E-state index contributed by atoms with van der Waals surface area (Å²) in [6.45, 7) is 11.4. The van der Waals surface area contributed by atoms with Gasteiger partial charge in [0.1, 0.15) is 22.1 Å². The van der Waals surface area contributed by atoms with Crippen molar-refractivity contribution in [2.75, 3.05) is 25.6 Å². The summed E-state index contributed by atoms with van der Waals surface area (Å²) in [5.41, 5.74) is 3.32. The van der Waals surface area contributed by atoms with Gasteiger partial charge >= 0.3 is 5.97 Å². The van der Waals surface area contributed by atoms with Crippen LogP contribution in [0, 0.1) is 6.92 Å². The number of methoxy groups -OCH3 is 1. The van der Waals surface area contributed by atoms with Crippen LogP contribution < -0.4 is 14.8 Å². The maximum Gasteiger partial charge on any atom is 0.341 e. The van der Waals surface area contributed by atoms with Crippen molar-refractivity contribution in [3.05, 3.63) is 64.5 Å². The van der Waals surface area contributed by atoms with Crippen molar-refractivity contribution in [1.82, 2.24) is 0 Å². The number of rotatable bonds is 10. The van der Waals surface area contributed by atoms with Crippen LogP contribution in [0.2, 0.25) is 0 Å². The molecule has 0 bridgehead atoms. The third-order valence-corrected chi connectivity index (χ3v) is 6.74. The van der Waals surface area contributed by atoms with E-state index in [1.807, 2.05) is 50.2 Å². The van der Waals surface area contributed by atoms with Gasteiger partial charge in [0.25, 0.3) is 0 Å². The highest BCUT2D eigenvalue weighted by atomic mass is 32.1. The van der Waals surface area contributed by atoms with E-state index in [1.165, 1.54) is 24.0 Å². The number of carbonyl (C=O) groups excluding carboxylic acids is 2. The quantitative estimate of drug-likeness (QED) is 0.235. The summed E-state index contributed by atoms with van der Waals surface area (Å²) in [7, 11) is 1.34. The third kappa shape index (κ3) is 6.88. The lowest BCUT2D eigenvalue weighted by molar-refractivity contribution is -0.116. The topological polar surface area (TPSA) is 73.9 Å². The van der Waals surface area contributed by atoms with Crippen molar-refractivity contribution in [2.45, 2.75) is 52.9 Å². The molecule has 0 fully saturated rings. The Bertz CT molecular complexity index is 1170. The molecular weight excluding hydrogens is 474 g/mol. The summed E-state index contributed by atoms with van der Waals surface area (Å²) in [5, 5.41) is 3.40. The number of amides is 1. The predicted octanol–water partition coefficient (Wildman–Crippen LogP) is 7.00. The fourth-order valence-corrected chi connectivity index (χ4v) is 4.91. The Hall–Kier alpha value is -3.32. The minimum atomic E-state index is -0.486. The molecule has 0 aliphatic rings. The maximum atomic E-state index is 12.7. The molecule has 3 rings (SSSR count). The highest BCUT2D eigenvalue weighted by molar-refractivity contribution is 7.17. The monoisotopic (exact) mass is 509 g/mol. The van der Waals surface area contributed by atoms with Crippen molar-refractivity contribution >= 4 is 28.2 Å². The summed E-state index contributed by atoms with van der Waals surface area (Å²) in [6, 6.07) is 15.6. The molecule has 36 heavy (non-hydrogen) atoms. The summed E-state index contributed by atoms with van der Waals surface area (Å²) >= 11 is 1.37. The molecule has 0 atom stereocenters. The van der Waals surface area contributed by atoms with E-state index in [1.54, 1.807) is 0 Å². The van der Waals surface area contributed by atoms with Crippen molar-refractivity contribution in [1.29, 1.82) is 0 Å². The number of benzene rings is 2. The van der Waals surface area contributed by atoms with Crippen LogP contribution in [-0.2, 0) is 14.9 Å². The Morgan fingerprint density at radius 3 is 2.14 bits per heavy atom. The number of ether oxygens (including phenoxy) is 3. The van der Waals surface area contributed by atoms with Crippen LogP contribution in [0.25, 0.3) is 11.1 Å². The summed E-state index contributed by atoms with van der Waals surface area (Å²) in [6.07, 6.45) is 0.826. The Morgan fingerprint density at radius 1 is 0.944 bits per heavy atom. The van der Waals surface area contributed by atoms with Gasteiger partial charge in [-0.3, -0.25) is 4.79 Å². The van der Waals surface area contributed by atoms with Gasteiger partial charge in [-0.05, 0) is 61.1 Å². The Labute approximate surface area is 217 Å². The lowest BCUT2D eigenvalue weighted by atomic mass is 9.87. The van der Waals surface area contributed by atoms with Crippen LogP contribution in [0.1, 0.15) is 61.3 Å². The third-order valence-electron chi connectivity index (χ3n) is 5.72. The Kier molecular flexibility index (Phi) is 9.15. The number of anilines is 1. The average molecular weight is 510 g/mol. The zero-order valence-corrected chi connectivity index (χ0v) is 22.7. The van der Waals surface area contributed by atoms with Crippen LogP contribution in [-0.4, -0.2) is 32.2 Å². The van der Waals surface area contributed by atoms with E-state index < -0.39 is 5.97 Å². The van der Waals surface area contributed by atoms with E-state index in [-0.39, 0.29) is 17.7 Å². The van der Waals surface area contributed by atoms with Gasteiger partial charge in [0.15, 0.2) is 0 Å².